The summed E-state index contributed by atoms with van der Waals surface area (Å²) in [6.07, 6.45) is 0. The first-order chi connectivity index (χ1) is 6.97. The molecule has 0 saturated heterocycles. The Hall–Kier alpha value is -1.43. The highest BCUT2D eigenvalue weighted by Crippen LogP contribution is 2.34. The average Bonchev–Trinajstić information content (AvgIpc) is 2.15. The zero-order valence-corrected chi connectivity index (χ0v) is 9.70. The Labute approximate surface area is 94.3 Å². The first-order valence-corrected chi connectivity index (χ1v) is 4.79. The molecule has 80 valence electrons. The van der Waals surface area contributed by atoms with Gasteiger partial charge < -0.3 is 4.74 Å². The largest absolute Gasteiger partial charge is 0.490 e. The van der Waals surface area contributed by atoms with Crippen molar-refractivity contribution in [3.05, 3.63) is 32.3 Å². The van der Waals surface area contributed by atoms with Crippen LogP contribution < -0.4 is 4.74 Å². The molecule has 1 aromatic rings. The molecule has 0 bridgehead atoms. The third-order valence-electron chi connectivity index (χ3n) is 1.82. The van der Waals surface area contributed by atoms with Crippen molar-refractivity contribution in [1.82, 2.24) is 0 Å². The fourth-order valence-electron chi connectivity index (χ4n) is 1.19. The van der Waals surface area contributed by atoms with E-state index >= 15 is 0 Å². The van der Waals surface area contributed by atoms with E-state index < -0.39 is 4.92 Å². The summed E-state index contributed by atoms with van der Waals surface area (Å²) in [5, 5.41) is 10.8. The second kappa shape index (κ2) is 4.39. The van der Waals surface area contributed by atoms with Gasteiger partial charge in [0.05, 0.1) is 12.0 Å². The van der Waals surface area contributed by atoms with E-state index in [1.807, 2.05) is 0 Å². The summed E-state index contributed by atoms with van der Waals surface area (Å²) in [6.45, 7) is 1.27. The van der Waals surface area contributed by atoms with Crippen LogP contribution in [0.15, 0.2) is 16.6 Å². The van der Waals surface area contributed by atoms with Crippen LogP contribution >= 0.6 is 15.9 Å². The van der Waals surface area contributed by atoms with Gasteiger partial charge in [0.1, 0.15) is 5.56 Å². The highest BCUT2D eigenvalue weighted by molar-refractivity contribution is 9.10. The van der Waals surface area contributed by atoms with Gasteiger partial charge >= 0.3 is 5.69 Å². The molecule has 0 spiro atoms. The molecule has 0 radical (unpaired) electrons. The minimum Gasteiger partial charge on any atom is -0.490 e. The molecule has 0 amide bonds. The molecule has 0 saturated carbocycles. The van der Waals surface area contributed by atoms with Crippen molar-refractivity contribution in [3.8, 4) is 5.75 Å². The van der Waals surface area contributed by atoms with Crippen molar-refractivity contribution in [3.63, 3.8) is 0 Å². The van der Waals surface area contributed by atoms with Crippen LogP contribution in [0.4, 0.5) is 5.69 Å². The minimum absolute atomic E-state index is 0.0335. The van der Waals surface area contributed by atoms with E-state index in [-0.39, 0.29) is 22.8 Å². The molecule has 6 heteroatoms. The lowest BCUT2D eigenvalue weighted by molar-refractivity contribution is -0.386. The Morgan fingerprint density at radius 1 is 1.53 bits per heavy atom. The van der Waals surface area contributed by atoms with E-state index in [2.05, 4.69) is 15.9 Å². The van der Waals surface area contributed by atoms with Crippen molar-refractivity contribution >= 4 is 27.4 Å². The highest BCUT2D eigenvalue weighted by Gasteiger charge is 2.24. The summed E-state index contributed by atoms with van der Waals surface area (Å²) in [5.74, 6) is -0.305. The maximum Gasteiger partial charge on any atom is 0.321 e. The van der Waals surface area contributed by atoms with Gasteiger partial charge in [-0.15, -0.1) is 0 Å². The number of rotatable bonds is 3. The fraction of sp³-hybridized carbons (Fsp3) is 0.222. The van der Waals surface area contributed by atoms with Gasteiger partial charge in [-0.1, -0.05) is 15.9 Å². The molecule has 5 nitrogen and oxygen atoms in total. The summed E-state index contributed by atoms with van der Waals surface area (Å²) >= 11 is 3.15. The third kappa shape index (κ3) is 2.33. The third-order valence-corrected chi connectivity index (χ3v) is 2.28. The lowest BCUT2D eigenvalue weighted by Crippen LogP contribution is -2.02. The molecular formula is C9H8BrNO4. The Morgan fingerprint density at radius 3 is 2.53 bits per heavy atom. The summed E-state index contributed by atoms with van der Waals surface area (Å²) in [4.78, 5) is 21.4. The molecule has 0 aromatic heterocycles. The number of halogens is 1. The van der Waals surface area contributed by atoms with Crippen molar-refractivity contribution in [2.24, 2.45) is 0 Å². The van der Waals surface area contributed by atoms with Crippen LogP contribution in [0.1, 0.15) is 17.3 Å². The Balaban J connectivity index is 3.54. The first kappa shape index (κ1) is 11.6. The topological polar surface area (TPSA) is 69.4 Å². The number of methoxy groups -OCH3 is 1. The maximum atomic E-state index is 11.2. The smallest absolute Gasteiger partial charge is 0.321 e. The van der Waals surface area contributed by atoms with Crippen LogP contribution in [-0.4, -0.2) is 17.8 Å². The lowest BCUT2D eigenvalue weighted by atomic mass is 10.1. The van der Waals surface area contributed by atoms with Gasteiger partial charge in [0, 0.05) is 10.5 Å². The number of nitrogens with zero attached hydrogens (tertiary/aromatic N) is 1. The second-order valence-corrected chi connectivity index (χ2v) is 3.73. The molecular weight excluding hydrogens is 266 g/mol. The van der Waals surface area contributed by atoms with Crippen molar-refractivity contribution in [1.29, 1.82) is 0 Å². The van der Waals surface area contributed by atoms with E-state index in [9.17, 15) is 14.9 Å². The van der Waals surface area contributed by atoms with Gasteiger partial charge in [-0.3, -0.25) is 14.9 Å². The van der Waals surface area contributed by atoms with Crippen molar-refractivity contribution in [2.75, 3.05) is 7.11 Å². The number of carbonyl (C=O) groups excluding carboxylic acids is 1. The lowest BCUT2D eigenvalue weighted by Gasteiger charge is -2.05. The van der Waals surface area contributed by atoms with Gasteiger partial charge in [-0.25, -0.2) is 0 Å². The molecule has 0 unspecified atom stereocenters. The van der Waals surface area contributed by atoms with Crippen LogP contribution in [0, 0.1) is 10.1 Å². The van der Waals surface area contributed by atoms with Crippen molar-refractivity contribution < 1.29 is 14.5 Å². The van der Waals surface area contributed by atoms with E-state index in [4.69, 9.17) is 4.74 Å². The normalized spacial score (nSPS) is 9.80. The molecule has 0 aliphatic rings. The summed E-state index contributed by atoms with van der Waals surface area (Å²) in [5.41, 5.74) is -0.264. The molecule has 0 fully saturated rings. The van der Waals surface area contributed by atoms with E-state index in [1.165, 1.54) is 26.2 Å². The number of Topliss-reactive ketones (excluding diaryl/α,β-unsaturated/α-hetero) is 1. The first-order valence-electron chi connectivity index (χ1n) is 4.00. The van der Waals surface area contributed by atoms with Gasteiger partial charge in [0.2, 0.25) is 0 Å². The Morgan fingerprint density at radius 2 is 2.13 bits per heavy atom. The number of ketones is 1. The Bertz CT molecular complexity index is 430. The number of carbonyl (C=O) groups is 1. The number of benzene rings is 1. The van der Waals surface area contributed by atoms with E-state index in [0.29, 0.717) is 4.47 Å². The number of hydrogen-bond donors (Lipinski definition) is 0. The Kier molecular flexibility index (Phi) is 3.41. The van der Waals surface area contributed by atoms with Gasteiger partial charge in [-0.05, 0) is 13.0 Å². The van der Waals surface area contributed by atoms with E-state index in [1.54, 1.807) is 0 Å². The fourth-order valence-corrected chi connectivity index (χ4v) is 1.62. The zero-order chi connectivity index (χ0) is 11.6. The predicted octanol–water partition coefficient (Wildman–Crippen LogP) is 2.57. The zero-order valence-electron chi connectivity index (χ0n) is 8.11. The molecule has 15 heavy (non-hydrogen) atoms. The highest BCUT2D eigenvalue weighted by atomic mass is 79.9. The maximum absolute atomic E-state index is 11.2. The molecule has 1 rings (SSSR count). The van der Waals surface area contributed by atoms with Crippen LogP contribution in [0.25, 0.3) is 0 Å². The van der Waals surface area contributed by atoms with Gasteiger partial charge in [-0.2, -0.15) is 0 Å². The SMILES string of the molecule is COc1cc(Br)cc(C(C)=O)c1[N+](=O)[O-]. The molecule has 1 aromatic carbocycles. The molecule has 0 aliphatic carbocycles. The number of hydrogen-bond acceptors (Lipinski definition) is 4. The average molecular weight is 274 g/mol. The number of nitro benzene ring substituents is 1. The molecule has 0 aliphatic heterocycles. The van der Waals surface area contributed by atoms with Crippen LogP contribution in [0.3, 0.4) is 0 Å². The molecule has 0 atom stereocenters. The number of ether oxygens (including phenoxy) is 1. The summed E-state index contributed by atoms with van der Waals surface area (Å²) in [7, 11) is 1.32. The summed E-state index contributed by atoms with van der Waals surface area (Å²) in [6, 6.07) is 2.85. The van der Waals surface area contributed by atoms with Gasteiger partial charge in [0.25, 0.3) is 0 Å². The molecule has 0 heterocycles. The van der Waals surface area contributed by atoms with Crippen LogP contribution in [0.5, 0.6) is 5.75 Å². The van der Waals surface area contributed by atoms with Gasteiger partial charge in [0.15, 0.2) is 11.5 Å². The number of nitro groups is 1. The second-order valence-electron chi connectivity index (χ2n) is 2.82. The van der Waals surface area contributed by atoms with E-state index in [0.717, 1.165) is 0 Å². The van der Waals surface area contributed by atoms with Crippen molar-refractivity contribution in [2.45, 2.75) is 6.92 Å². The monoisotopic (exact) mass is 273 g/mol. The standard InChI is InChI=1S/C9H8BrNO4/c1-5(12)7-3-6(10)4-8(15-2)9(7)11(13)14/h3-4H,1-2H3. The minimum atomic E-state index is -0.623. The van der Waals surface area contributed by atoms with Crippen LogP contribution in [0.2, 0.25) is 0 Å². The molecule has 0 N–H and O–H groups in total. The predicted molar refractivity (Wildman–Crippen MR) is 57.4 cm³/mol. The van der Waals surface area contributed by atoms with Crippen LogP contribution in [-0.2, 0) is 0 Å². The quantitative estimate of drug-likeness (QED) is 0.482. The summed E-state index contributed by atoms with van der Waals surface area (Å²) < 4.78 is 5.42.